The molecule has 0 aromatic heterocycles. The summed E-state index contributed by atoms with van der Waals surface area (Å²) in [6, 6.07) is 5.51. The van der Waals surface area contributed by atoms with E-state index >= 15 is 0 Å². The van der Waals surface area contributed by atoms with Gasteiger partial charge in [0, 0.05) is 26.4 Å². The topological polar surface area (TPSA) is 87.6 Å². The SMILES string of the molecule is COC(OC)C(N)c1ccc([N+](=O)[O-])cc1. The molecule has 1 atom stereocenters. The fourth-order valence-electron chi connectivity index (χ4n) is 1.36. The van der Waals surface area contributed by atoms with Gasteiger partial charge in [-0.2, -0.15) is 0 Å². The maximum absolute atomic E-state index is 10.5. The van der Waals surface area contributed by atoms with E-state index in [0.717, 1.165) is 5.56 Å². The van der Waals surface area contributed by atoms with Gasteiger partial charge in [0.1, 0.15) is 0 Å². The molecule has 0 heterocycles. The first-order valence-corrected chi connectivity index (χ1v) is 4.65. The third-order valence-electron chi connectivity index (χ3n) is 2.25. The Morgan fingerprint density at radius 2 is 1.75 bits per heavy atom. The lowest BCUT2D eigenvalue weighted by atomic mass is 10.1. The molecule has 0 bridgehead atoms. The molecular formula is C10H14N2O4. The molecule has 88 valence electrons. The van der Waals surface area contributed by atoms with E-state index in [1.54, 1.807) is 12.1 Å². The van der Waals surface area contributed by atoms with Crippen LogP contribution in [0, 0.1) is 10.1 Å². The van der Waals surface area contributed by atoms with Crippen LogP contribution in [-0.2, 0) is 9.47 Å². The molecule has 0 aliphatic heterocycles. The largest absolute Gasteiger partial charge is 0.354 e. The highest BCUT2D eigenvalue weighted by atomic mass is 16.7. The van der Waals surface area contributed by atoms with Crippen molar-refractivity contribution in [3.8, 4) is 0 Å². The van der Waals surface area contributed by atoms with Gasteiger partial charge in [0.15, 0.2) is 6.29 Å². The maximum Gasteiger partial charge on any atom is 0.269 e. The van der Waals surface area contributed by atoms with E-state index in [1.165, 1.54) is 26.4 Å². The quantitative estimate of drug-likeness (QED) is 0.463. The summed E-state index contributed by atoms with van der Waals surface area (Å²) >= 11 is 0. The number of nitro benzene ring substituents is 1. The third-order valence-corrected chi connectivity index (χ3v) is 2.25. The fourth-order valence-corrected chi connectivity index (χ4v) is 1.36. The van der Waals surface area contributed by atoms with Crippen molar-refractivity contribution in [2.75, 3.05) is 14.2 Å². The molecule has 0 saturated heterocycles. The van der Waals surface area contributed by atoms with Crippen LogP contribution in [-0.4, -0.2) is 25.4 Å². The Balaban J connectivity index is 2.84. The monoisotopic (exact) mass is 226 g/mol. The molecule has 0 saturated carbocycles. The first-order chi connectivity index (χ1) is 7.60. The van der Waals surface area contributed by atoms with E-state index < -0.39 is 17.3 Å². The lowest BCUT2D eigenvalue weighted by molar-refractivity contribution is -0.384. The summed E-state index contributed by atoms with van der Waals surface area (Å²) in [7, 11) is 2.97. The zero-order chi connectivity index (χ0) is 12.1. The van der Waals surface area contributed by atoms with Crippen molar-refractivity contribution in [3.63, 3.8) is 0 Å². The number of methoxy groups -OCH3 is 2. The Kier molecular flexibility index (Phi) is 4.36. The molecule has 6 nitrogen and oxygen atoms in total. The summed E-state index contributed by atoms with van der Waals surface area (Å²) in [5.41, 5.74) is 6.62. The molecule has 16 heavy (non-hydrogen) atoms. The van der Waals surface area contributed by atoms with Crippen LogP contribution in [0.15, 0.2) is 24.3 Å². The van der Waals surface area contributed by atoms with Gasteiger partial charge in [0.25, 0.3) is 5.69 Å². The number of ether oxygens (including phenoxy) is 2. The zero-order valence-corrected chi connectivity index (χ0v) is 9.12. The summed E-state index contributed by atoms with van der Waals surface area (Å²) in [4.78, 5) is 9.99. The van der Waals surface area contributed by atoms with Crippen molar-refractivity contribution in [2.24, 2.45) is 5.73 Å². The number of rotatable bonds is 5. The van der Waals surface area contributed by atoms with Crippen molar-refractivity contribution < 1.29 is 14.4 Å². The molecule has 0 amide bonds. The standard InChI is InChI=1S/C10H14N2O4/c1-15-10(16-2)9(11)7-3-5-8(6-4-7)12(13)14/h3-6,9-10H,11H2,1-2H3. The number of nitro groups is 1. The lowest BCUT2D eigenvalue weighted by Gasteiger charge is -2.20. The molecule has 1 aromatic rings. The fraction of sp³-hybridized carbons (Fsp3) is 0.400. The Hall–Kier alpha value is -1.50. The van der Waals surface area contributed by atoms with E-state index in [9.17, 15) is 10.1 Å². The van der Waals surface area contributed by atoms with Crippen LogP contribution >= 0.6 is 0 Å². The molecule has 0 spiro atoms. The molecule has 0 fully saturated rings. The second-order valence-electron chi connectivity index (χ2n) is 3.21. The smallest absolute Gasteiger partial charge is 0.269 e. The van der Waals surface area contributed by atoms with Crippen LogP contribution in [0.2, 0.25) is 0 Å². The van der Waals surface area contributed by atoms with E-state index in [-0.39, 0.29) is 5.69 Å². The number of hydrogen-bond donors (Lipinski definition) is 1. The van der Waals surface area contributed by atoms with Crippen LogP contribution in [0.1, 0.15) is 11.6 Å². The van der Waals surface area contributed by atoms with Crippen LogP contribution in [0.25, 0.3) is 0 Å². The third kappa shape index (κ3) is 2.75. The van der Waals surface area contributed by atoms with Gasteiger partial charge in [-0.3, -0.25) is 10.1 Å². The molecule has 2 N–H and O–H groups in total. The Labute approximate surface area is 93.1 Å². The summed E-state index contributed by atoms with van der Waals surface area (Å²) in [5.74, 6) is 0. The predicted octanol–water partition coefficient (Wildman–Crippen LogP) is 1.21. The number of non-ortho nitro benzene ring substituents is 1. The van der Waals surface area contributed by atoms with Gasteiger partial charge in [-0.15, -0.1) is 0 Å². The van der Waals surface area contributed by atoms with Crippen LogP contribution in [0.4, 0.5) is 5.69 Å². The number of benzene rings is 1. The van der Waals surface area contributed by atoms with Gasteiger partial charge in [0.05, 0.1) is 11.0 Å². The zero-order valence-electron chi connectivity index (χ0n) is 9.12. The number of hydrogen-bond acceptors (Lipinski definition) is 5. The average molecular weight is 226 g/mol. The van der Waals surface area contributed by atoms with Crippen LogP contribution < -0.4 is 5.73 Å². The Morgan fingerprint density at radius 3 is 2.12 bits per heavy atom. The highest BCUT2D eigenvalue weighted by molar-refractivity contribution is 5.34. The van der Waals surface area contributed by atoms with Crippen LogP contribution in [0.5, 0.6) is 0 Å². The van der Waals surface area contributed by atoms with E-state index in [2.05, 4.69) is 0 Å². The second-order valence-corrected chi connectivity index (χ2v) is 3.21. The summed E-state index contributed by atoms with van der Waals surface area (Å²) < 4.78 is 10.0. The minimum Gasteiger partial charge on any atom is -0.354 e. The van der Waals surface area contributed by atoms with E-state index in [1.807, 2.05) is 0 Å². The molecule has 0 aliphatic carbocycles. The van der Waals surface area contributed by atoms with Gasteiger partial charge in [-0.05, 0) is 5.56 Å². The molecule has 0 aliphatic rings. The first kappa shape index (κ1) is 12.6. The molecule has 1 aromatic carbocycles. The second kappa shape index (κ2) is 5.55. The van der Waals surface area contributed by atoms with Gasteiger partial charge in [-0.25, -0.2) is 0 Å². The maximum atomic E-state index is 10.5. The van der Waals surface area contributed by atoms with Crippen molar-refractivity contribution >= 4 is 5.69 Å². The van der Waals surface area contributed by atoms with Gasteiger partial charge in [-0.1, -0.05) is 12.1 Å². The van der Waals surface area contributed by atoms with Crippen molar-refractivity contribution in [1.29, 1.82) is 0 Å². The number of nitrogens with two attached hydrogens (primary N) is 1. The highest BCUT2D eigenvalue weighted by Crippen LogP contribution is 2.20. The van der Waals surface area contributed by atoms with Crippen molar-refractivity contribution in [3.05, 3.63) is 39.9 Å². The average Bonchev–Trinajstić information content (AvgIpc) is 2.30. The van der Waals surface area contributed by atoms with Crippen LogP contribution in [0.3, 0.4) is 0 Å². The number of nitrogens with zero attached hydrogens (tertiary/aromatic N) is 1. The Bertz CT molecular complexity index is 348. The summed E-state index contributed by atoms with van der Waals surface area (Å²) in [5, 5.41) is 10.5. The van der Waals surface area contributed by atoms with Gasteiger partial charge >= 0.3 is 0 Å². The molecule has 1 unspecified atom stereocenters. The molecule has 0 radical (unpaired) electrons. The minimum atomic E-state index is -0.568. The predicted molar refractivity (Wildman–Crippen MR) is 57.8 cm³/mol. The van der Waals surface area contributed by atoms with E-state index in [0.29, 0.717) is 0 Å². The molecular weight excluding hydrogens is 212 g/mol. The molecule has 6 heteroatoms. The lowest BCUT2D eigenvalue weighted by Crippen LogP contribution is -2.29. The van der Waals surface area contributed by atoms with E-state index in [4.69, 9.17) is 15.2 Å². The summed E-state index contributed by atoms with van der Waals surface area (Å²) in [6.07, 6.45) is -0.568. The first-order valence-electron chi connectivity index (χ1n) is 4.65. The van der Waals surface area contributed by atoms with Gasteiger partial charge < -0.3 is 15.2 Å². The minimum absolute atomic E-state index is 0.0299. The normalized spacial score (nSPS) is 12.8. The highest BCUT2D eigenvalue weighted by Gasteiger charge is 2.19. The van der Waals surface area contributed by atoms with Crippen molar-refractivity contribution in [1.82, 2.24) is 0 Å². The van der Waals surface area contributed by atoms with Crippen molar-refractivity contribution in [2.45, 2.75) is 12.3 Å². The van der Waals surface area contributed by atoms with Gasteiger partial charge in [0.2, 0.25) is 0 Å². The Morgan fingerprint density at radius 1 is 1.25 bits per heavy atom. The summed E-state index contributed by atoms with van der Waals surface area (Å²) in [6.45, 7) is 0. The molecule has 1 rings (SSSR count).